The largest absolute Gasteiger partial charge is 0.428 e. The number of carbonyl (C=O) groups excluding carboxylic acids is 2. The van der Waals surface area contributed by atoms with Crippen molar-refractivity contribution in [3.8, 4) is 0 Å². The molecular weight excluding hydrogens is 578 g/mol. The number of hydrogen-bond donors (Lipinski definition) is 0. The van der Waals surface area contributed by atoms with E-state index in [-0.39, 0.29) is 12.4 Å². The Labute approximate surface area is 266 Å². The minimum Gasteiger partial charge on any atom is -0.428 e. The van der Waals surface area contributed by atoms with Crippen molar-refractivity contribution in [2.75, 3.05) is 13.3 Å². The van der Waals surface area contributed by atoms with Crippen molar-refractivity contribution in [3.05, 3.63) is 117 Å². The molecule has 1 aliphatic heterocycles. The second-order valence-electron chi connectivity index (χ2n) is 10.2. The molecule has 3 rings (SSSR count). The molecule has 1 aromatic carbocycles. The summed E-state index contributed by atoms with van der Waals surface area (Å²) in [5.41, 5.74) is 1.91. The summed E-state index contributed by atoms with van der Waals surface area (Å²) < 4.78 is 10.6. The summed E-state index contributed by atoms with van der Waals surface area (Å²) in [7, 11) is 0. The monoisotopic (exact) mass is 621 g/mol. The summed E-state index contributed by atoms with van der Waals surface area (Å²) in [5, 5.41) is 2.59. The molecule has 5 nitrogen and oxygen atoms in total. The van der Waals surface area contributed by atoms with Crippen LogP contribution in [-0.4, -0.2) is 30.2 Å². The molecule has 2 aromatic rings. The number of esters is 2. The van der Waals surface area contributed by atoms with Gasteiger partial charge in [-0.3, -0.25) is 9.69 Å². The van der Waals surface area contributed by atoms with Crippen LogP contribution in [0.5, 0.6) is 0 Å². The average Bonchev–Trinajstić information content (AvgIpc) is 3.48. The molecule has 0 N–H and O–H groups in total. The number of hydrogen-bond acceptors (Lipinski definition) is 6. The number of halogens is 1. The predicted molar refractivity (Wildman–Crippen MR) is 178 cm³/mol. The second kappa shape index (κ2) is 20.7. The summed E-state index contributed by atoms with van der Waals surface area (Å²) in [6, 6.07) is 8.74. The molecule has 0 saturated carbocycles. The molecule has 0 bridgehead atoms. The fraction of sp³-hybridized carbons (Fsp3) is 0.389. The summed E-state index contributed by atoms with van der Waals surface area (Å²) in [4.78, 5) is 28.8. The lowest BCUT2D eigenvalue weighted by Gasteiger charge is -2.33. The third-order valence-corrected chi connectivity index (χ3v) is 8.32. The number of nitrogens with zero attached hydrogens (tertiary/aromatic N) is 1. The Morgan fingerprint density at radius 2 is 1.56 bits per heavy atom. The number of fused-ring (bicyclic) bond motifs is 1. The van der Waals surface area contributed by atoms with E-state index in [1.165, 1.54) is 10.4 Å². The van der Waals surface area contributed by atoms with Gasteiger partial charge in [0.2, 0.25) is 6.79 Å². The van der Waals surface area contributed by atoms with E-state index in [0.29, 0.717) is 30.1 Å². The molecule has 0 radical (unpaired) electrons. The minimum absolute atomic E-state index is 0.271. The molecule has 43 heavy (non-hydrogen) atoms. The first kappa shape index (κ1) is 34.3. The third kappa shape index (κ3) is 12.9. The first-order valence-corrected chi connectivity index (χ1v) is 16.5. The van der Waals surface area contributed by atoms with E-state index >= 15 is 0 Å². The highest BCUT2D eigenvalue weighted by Crippen LogP contribution is 2.34. The highest BCUT2D eigenvalue weighted by molar-refractivity contribution is 7.10. The van der Waals surface area contributed by atoms with Gasteiger partial charge in [-0.05, 0) is 80.0 Å². The van der Waals surface area contributed by atoms with E-state index < -0.39 is 18.8 Å². The summed E-state index contributed by atoms with van der Waals surface area (Å²) in [5.74, 6) is -0.853. The Bertz CT molecular complexity index is 1280. The number of rotatable bonds is 18. The smallest absolute Gasteiger partial charge is 0.330 e. The molecule has 0 unspecified atom stereocenters. The van der Waals surface area contributed by atoms with Gasteiger partial charge in [0, 0.05) is 29.4 Å². The SMILES string of the molecule is CCC=CCC=CCC=CCC=CCC=CCCCC(=O)OCOC(=O)[C@H](c1ccccc1Cl)N1CCc2sccc2C1. The van der Waals surface area contributed by atoms with Crippen LogP contribution in [0.25, 0.3) is 0 Å². The topological polar surface area (TPSA) is 55.8 Å². The number of allylic oxidation sites excluding steroid dienone is 10. The van der Waals surface area contributed by atoms with Gasteiger partial charge in [0.05, 0.1) is 0 Å². The fourth-order valence-electron chi connectivity index (χ4n) is 4.70. The highest BCUT2D eigenvalue weighted by Gasteiger charge is 2.33. The Kier molecular flexibility index (Phi) is 16.5. The molecule has 0 amide bonds. The van der Waals surface area contributed by atoms with Crippen LogP contribution in [0.15, 0.2) is 96.5 Å². The molecule has 1 aromatic heterocycles. The van der Waals surface area contributed by atoms with Gasteiger partial charge < -0.3 is 9.47 Å². The molecule has 2 heterocycles. The minimum atomic E-state index is -0.671. The van der Waals surface area contributed by atoms with E-state index in [1.807, 2.05) is 18.2 Å². The maximum absolute atomic E-state index is 13.2. The van der Waals surface area contributed by atoms with Crippen molar-refractivity contribution in [3.63, 3.8) is 0 Å². The van der Waals surface area contributed by atoms with Gasteiger partial charge in [0.1, 0.15) is 6.04 Å². The van der Waals surface area contributed by atoms with Gasteiger partial charge >= 0.3 is 11.9 Å². The standard InChI is InChI=1S/C36H44ClNO4S/c1-2-3-4-5-6-7-8-9-10-11-12-13-14-15-16-17-18-23-34(39)41-29-42-36(40)35(31-21-19-20-22-32(31)37)38-26-24-33-30(28-38)25-27-43-33/h3-4,6-7,9-10,12-13,15-16,19-22,25,27,35H,2,5,8,11,14,17-18,23-24,26,28-29H2,1H3/t35-/m0/s1. The van der Waals surface area contributed by atoms with Crippen LogP contribution in [-0.2, 0) is 32.0 Å². The van der Waals surface area contributed by atoms with Crippen LogP contribution in [0.1, 0.15) is 80.3 Å². The molecular formula is C36H44ClNO4S. The van der Waals surface area contributed by atoms with E-state index in [1.54, 1.807) is 17.4 Å². The third-order valence-electron chi connectivity index (χ3n) is 6.96. The zero-order valence-corrected chi connectivity index (χ0v) is 26.7. The lowest BCUT2D eigenvalue weighted by molar-refractivity contribution is -0.171. The van der Waals surface area contributed by atoms with Crippen molar-refractivity contribution >= 4 is 34.9 Å². The molecule has 7 heteroatoms. The van der Waals surface area contributed by atoms with Gasteiger partial charge in [0.15, 0.2) is 0 Å². The van der Waals surface area contributed by atoms with Crippen LogP contribution in [0.2, 0.25) is 5.02 Å². The Morgan fingerprint density at radius 1 is 0.907 bits per heavy atom. The van der Waals surface area contributed by atoms with Crippen LogP contribution in [0.4, 0.5) is 0 Å². The van der Waals surface area contributed by atoms with Crippen molar-refractivity contribution in [1.29, 1.82) is 0 Å². The summed E-state index contributed by atoms with van der Waals surface area (Å²) in [6.07, 6.45) is 29.1. The number of ether oxygens (including phenoxy) is 2. The van der Waals surface area contributed by atoms with Crippen LogP contribution in [0.3, 0.4) is 0 Å². The lowest BCUT2D eigenvalue weighted by atomic mass is 10.0. The maximum Gasteiger partial charge on any atom is 0.330 e. The molecule has 0 spiro atoms. The fourth-order valence-corrected chi connectivity index (χ4v) is 5.83. The zero-order valence-electron chi connectivity index (χ0n) is 25.2. The molecule has 230 valence electrons. The molecule has 1 atom stereocenters. The van der Waals surface area contributed by atoms with Gasteiger partial charge in [-0.15, -0.1) is 11.3 Å². The second-order valence-corrected chi connectivity index (χ2v) is 11.6. The molecule has 0 saturated heterocycles. The molecule has 0 aliphatic carbocycles. The highest BCUT2D eigenvalue weighted by atomic mass is 35.5. The Balaban J connectivity index is 1.30. The van der Waals surface area contributed by atoms with E-state index in [9.17, 15) is 9.59 Å². The van der Waals surface area contributed by atoms with Crippen molar-refractivity contribution < 1.29 is 19.1 Å². The Morgan fingerprint density at radius 3 is 2.23 bits per heavy atom. The van der Waals surface area contributed by atoms with Gasteiger partial charge in [-0.25, -0.2) is 4.79 Å². The number of carbonyl (C=O) groups is 2. The number of benzene rings is 1. The van der Waals surface area contributed by atoms with Crippen LogP contribution < -0.4 is 0 Å². The predicted octanol–water partition coefficient (Wildman–Crippen LogP) is 9.47. The van der Waals surface area contributed by atoms with Crippen molar-refractivity contribution in [1.82, 2.24) is 4.90 Å². The van der Waals surface area contributed by atoms with E-state index in [0.717, 1.165) is 44.9 Å². The Hall–Kier alpha value is -3.19. The van der Waals surface area contributed by atoms with Crippen molar-refractivity contribution in [2.24, 2.45) is 0 Å². The molecule has 1 aliphatic rings. The van der Waals surface area contributed by atoms with Gasteiger partial charge in [0.25, 0.3) is 0 Å². The summed E-state index contributed by atoms with van der Waals surface area (Å²) in [6.45, 7) is 3.09. The van der Waals surface area contributed by atoms with E-state index in [4.69, 9.17) is 21.1 Å². The lowest BCUT2D eigenvalue weighted by Crippen LogP contribution is -2.39. The first-order chi connectivity index (χ1) is 21.1. The summed E-state index contributed by atoms with van der Waals surface area (Å²) >= 11 is 8.22. The normalized spacial score (nSPS) is 14.8. The van der Waals surface area contributed by atoms with E-state index in [2.05, 4.69) is 84.0 Å². The van der Waals surface area contributed by atoms with Gasteiger partial charge in [-0.2, -0.15) is 0 Å². The first-order valence-electron chi connectivity index (χ1n) is 15.2. The average molecular weight is 622 g/mol. The number of unbranched alkanes of at least 4 members (excludes halogenated alkanes) is 1. The zero-order chi connectivity index (χ0) is 30.5. The van der Waals surface area contributed by atoms with Crippen LogP contribution >= 0.6 is 22.9 Å². The van der Waals surface area contributed by atoms with Crippen molar-refractivity contribution in [2.45, 2.75) is 77.3 Å². The molecule has 0 fully saturated rings. The number of thiophene rings is 1. The van der Waals surface area contributed by atoms with Gasteiger partial charge in [-0.1, -0.05) is 97.5 Å². The van der Waals surface area contributed by atoms with Crippen LogP contribution in [0, 0.1) is 0 Å². The quantitative estimate of drug-likeness (QED) is 0.0718. The maximum atomic E-state index is 13.2.